The number of ether oxygens (including phenoxy) is 3. The first-order chi connectivity index (χ1) is 19.5. The van der Waals surface area contributed by atoms with Crippen LogP contribution in [0.15, 0.2) is 72.8 Å². The van der Waals surface area contributed by atoms with Crippen LogP contribution in [0.1, 0.15) is 88.7 Å². The van der Waals surface area contributed by atoms with Crippen molar-refractivity contribution in [2.45, 2.75) is 70.5 Å². The molecule has 2 aromatic carbocycles. The standard InChI is InChI=1S/C34H40O5S/c1-4-5-6-10-32(39-23-24-11-17-27(37-2)18-12-24)26-15-13-25(14-16-26)29-20-21-31(35)30(29)9-7-8-28-19-22-33(40-28)34(36)38-3/h11-22,29-30,32H,4-10,23H2,1-3H3/t29-,30-,32?/m1/s1. The van der Waals surface area contributed by atoms with Gasteiger partial charge in [0.2, 0.25) is 0 Å². The van der Waals surface area contributed by atoms with Crippen LogP contribution < -0.4 is 4.74 Å². The molecule has 0 saturated carbocycles. The average Bonchev–Trinajstić information content (AvgIpc) is 3.61. The number of ketones is 1. The zero-order valence-corrected chi connectivity index (χ0v) is 24.6. The minimum Gasteiger partial charge on any atom is -0.497 e. The maximum absolute atomic E-state index is 12.7. The van der Waals surface area contributed by atoms with Crippen LogP contribution in [0.5, 0.6) is 5.75 Å². The third-order valence-corrected chi connectivity index (χ3v) is 8.75. The van der Waals surface area contributed by atoms with Crippen molar-refractivity contribution in [2.24, 2.45) is 5.92 Å². The number of thiophene rings is 1. The summed E-state index contributed by atoms with van der Waals surface area (Å²) in [4.78, 5) is 26.2. The van der Waals surface area contributed by atoms with Crippen molar-refractivity contribution in [1.82, 2.24) is 0 Å². The number of methoxy groups -OCH3 is 2. The lowest BCUT2D eigenvalue weighted by Crippen LogP contribution is -2.15. The topological polar surface area (TPSA) is 61.8 Å². The monoisotopic (exact) mass is 560 g/mol. The summed E-state index contributed by atoms with van der Waals surface area (Å²) >= 11 is 1.47. The van der Waals surface area contributed by atoms with Crippen molar-refractivity contribution in [3.63, 3.8) is 0 Å². The van der Waals surface area contributed by atoms with Gasteiger partial charge >= 0.3 is 5.97 Å². The van der Waals surface area contributed by atoms with Gasteiger partial charge in [0, 0.05) is 16.7 Å². The Kier molecular flexibility index (Phi) is 11.1. The fourth-order valence-electron chi connectivity index (χ4n) is 5.29. The number of esters is 1. The Hall–Kier alpha value is -3.22. The quantitative estimate of drug-likeness (QED) is 0.138. The molecular weight excluding hydrogens is 520 g/mol. The number of benzene rings is 2. The number of rotatable bonds is 15. The molecule has 0 bridgehead atoms. The fraction of sp³-hybridized carbons (Fsp3) is 0.412. The lowest BCUT2D eigenvalue weighted by atomic mass is 9.84. The van der Waals surface area contributed by atoms with Crippen molar-refractivity contribution >= 4 is 23.1 Å². The van der Waals surface area contributed by atoms with Crippen molar-refractivity contribution in [3.05, 3.63) is 99.3 Å². The van der Waals surface area contributed by atoms with E-state index in [2.05, 4.69) is 37.3 Å². The summed E-state index contributed by atoms with van der Waals surface area (Å²) < 4.78 is 16.5. The molecule has 0 fully saturated rings. The lowest BCUT2D eigenvalue weighted by Gasteiger charge is -2.21. The molecule has 212 valence electrons. The van der Waals surface area contributed by atoms with Crippen LogP contribution in [0.4, 0.5) is 0 Å². The van der Waals surface area contributed by atoms with Gasteiger partial charge in [-0.2, -0.15) is 0 Å². The van der Waals surface area contributed by atoms with E-state index in [4.69, 9.17) is 14.2 Å². The maximum atomic E-state index is 12.7. The molecule has 1 heterocycles. The Morgan fingerprint density at radius 2 is 1.73 bits per heavy atom. The zero-order valence-electron chi connectivity index (χ0n) is 23.8. The molecule has 3 atom stereocenters. The van der Waals surface area contributed by atoms with Crippen molar-refractivity contribution in [3.8, 4) is 5.75 Å². The van der Waals surface area contributed by atoms with Gasteiger partial charge in [0.15, 0.2) is 5.78 Å². The van der Waals surface area contributed by atoms with E-state index < -0.39 is 0 Å². The second-order valence-electron chi connectivity index (χ2n) is 10.4. The third-order valence-electron chi connectivity index (χ3n) is 7.63. The Morgan fingerprint density at radius 3 is 2.42 bits per heavy atom. The van der Waals surface area contributed by atoms with E-state index in [0.717, 1.165) is 48.3 Å². The summed E-state index contributed by atoms with van der Waals surface area (Å²) in [7, 11) is 3.07. The molecule has 40 heavy (non-hydrogen) atoms. The van der Waals surface area contributed by atoms with E-state index in [0.29, 0.717) is 11.5 Å². The van der Waals surface area contributed by atoms with E-state index in [1.807, 2.05) is 36.4 Å². The van der Waals surface area contributed by atoms with Crippen LogP contribution in [0.25, 0.3) is 0 Å². The van der Waals surface area contributed by atoms with Crippen molar-refractivity contribution < 1.29 is 23.8 Å². The van der Waals surface area contributed by atoms with E-state index in [-0.39, 0.29) is 29.7 Å². The molecule has 0 N–H and O–H groups in total. The van der Waals surface area contributed by atoms with Crippen molar-refractivity contribution in [1.29, 1.82) is 0 Å². The molecule has 5 nitrogen and oxygen atoms in total. The van der Waals surface area contributed by atoms with Crippen LogP contribution in [-0.4, -0.2) is 26.0 Å². The molecule has 1 unspecified atom stereocenters. The molecule has 4 rings (SSSR count). The van der Waals surface area contributed by atoms with Gasteiger partial charge in [0.05, 0.1) is 26.9 Å². The van der Waals surface area contributed by atoms with Gasteiger partial charge in [-0.15, -0.1) is 11.3 Å². The van der Waals surface area contributed by atoms with Crippen molar-refractivity contribution in [2.75, 3.05) is 14.2 Å². The van der Waals surface area contributed by atoms with Crippen LogP contribution in [0.2, 0.25) is 0 Å². The first kappa shape index (κ1) is 29.8. The molecule has 1 aliphatic carbocycles. The number of hydrogen-bond acceptors (Lipinski definition) is 6. The predicted molar refractivity (Wildman–Crippen MR) is 160 cm³/mol. The first-order valence-electron chi connectivity index (χ1n) is 14.3. The number of aryl methyl sites for hydroxylation is 1. The second kappa shape index (κ2) is 15.0. The number of unbranched alkanes of at least 4 members (excludes halogenated alkanes) is 2. The van der Waals surface area contributed by atoms with E-state index >= 15 is 0 Å². The number of allylic oxidation sites excluding steroid dienone is 2. The largest absolute Gasteiger partial charge is 0.497 e. The van der Waals surface area contributed by atoms with Gasteiger partial charge < -0.3 is 14.2 Å². The summed E-state index contributed by atoms with van der Waals surface area (Å²) in [6.07, 6.45) is 10.9. The van der Waals surface area contributed by atoms with Gasteiger partial charge in [-0.1, -0.05) is 68.7 Å². The van der Waals surface area contributed by atoms with E-state index in [9.17, 15) is 9.59 Å². The van der Waals surface area contributed by atoms with Gasteiger partial charge in [-0.25, -0.2) is 4.79 Å². The molecular formula is C34H40O5S. The molecule has 1 aromatic heterocycles. The summed E-state index contributed by atoms with van der Waals surface area (Å²) in [5.41, 5.74) is 3.47. The Bertz CT molecular complexity index is 1260. The molecule has 0 saturated heterocycles. The Balaban J connectivity index is 1.37. The highest BCUT2D eigenvalue weighted by atomic mass is 32.1. The summed E-state index contributed by atoms with van der Waals surface area (Å²) in [5.74, 6) is 0.798. The molecule has 0 radical (unpaired) electrons. The highest BCUT2D eigenvalue weighted by Gasteiger charge is 2.31. The molecule has 0 spiro atoms. The SMILES string of the molecule is CCCCCC(OCc1ccc(OC)cc1)c1ccc([C@H]2C=CC(=O)[C@@H]2CCCc2ccc(C(=O)OC)s2)cc1. The lowest BCUT2D eigenvalue weighted by molar-refractivity contribution is -0.117. The second-order valence-corrected chi connectivity index (χ2v) is 11.5. The van der Waals surface area contributed by atoms with Crippen LogP contribution in [0, 0.1) is 5.92 Å². The smallest absolute Gasteiger partial charge is 0.348 e. The minimum absolute atomic E-state index is 0.0277. The van der Waals surface area contributed by atoms with Gasteiger partial charge in [-0.05, 0) is 72.7 Å². The Labute approximate surface area is 242 Å². The zero-order chi connectivity index (χ0) is 28.3. The normalized spacial score (nSPS) is 17.2. The molecule has 0 aliphatic heterocycles. The number of hydrogen-bond donors (Lipinski definition) is 0. The average molecular weight is 561 g/mol. The number of carbonyl (C=O) groups excluding carboxylic acids is 2. The maximum Gasteiger partial charge on any atom is 0.348 e. The van der Waals surface area contributed by atoms with Gasteiger partial charge in [-0.3, -0.25) is 4.79 Å². The van der Waals surface area contributed by atoms with Gasteiger partial charge in [0.25, 0.3) is 0 Å². The first-order valence-corrected chi connectivity index (χ1v) is 15.1. The van der Waals surface area contributed by atoms with Crippen LogP contribution in [0.3, 0.4) is 0 Å². The number of carbonyl (C=O) groups is 2. The molecule has 1 aliphatic rings. The molecule has 6 heteroatoms. The predicted octanol–water partition coefficient (Wildman–Crippen LogP) is 8.24. The fourth-order valence-corrected chi connectivity index (χ4v) is 6.26. The van der Waals surface area contributed by atoms with Gasteiger partial charge in [0.1, 0.15) is 10.6 Å². The minimum atomic E-state index is -0.298. The summed E-state index contributed by atoms with van der Waals surface area (Å²) in [6.45, 7) is 2.77. The van der Waals surface area contributed by atoms with Crippen LogP contribution >= 0.6 is 11.3 Å². The Morgan fingerprint density at radius 1 is 0.950 bits per heavy atom. The third kappa shape index (κ3) is 7.92. The highest BCUT2D eigenvalue weighted by Crippen LogP contribution is 2.37. The molecule has 0 amide bonds. The van der Waals surface area contributed by atoms with E-state index in [1.54, 1.807) is 13.2 Å². The van der Waals surface area contributed by atoms with E-state index in [1.165, 1.54) is 42.4 Å². The summed E-state index contributed by atoms with van der Waals surface area (Å²) in [6, 6.07) is 20.5. The highest BCUT2D eigenvalue weighted by molar-refractivity contribution is 7.13. The molecule has 3 aromatic rings. The van der Waals surface area contributed by atoms with Crippen LogP contribution in [-0.2, 0) is 27.3 Å². The summed E-state index contributed by atoms with van der Waals surface area (Å²) in [5, 5.41) is 0.